The van der Waals surface area contributed by atoms with E-state index in [1.165, 1.54) is 41.7 Å². The number of hydrogen-bond acceptors (Lipinski definition) is 7. The number of nitrogens with zero attached hydrogens (tertiary/aromatic N) is 2. The lowest BCUT2D eigenvalue weighted by atomic mass is 9.97. The molecule has 1 saturated heterocycles. The number of sulfonamides is 1. The summed E-state index contributed by atoms with van der Waals surface area (Å²) in [5, 5.41) is 13.6. The number of nitro benzene ring substituents is 1. The van der Waals surface area contributed by atoms with E-state index in [0.717, 1.165) is 11.3 Å². The largest absolute Gasteiger partial charge is 0.494 e. The second-order valence-corrected chi connectivity index (χ2v) is 10.2. The number of nitrogens with one attached hydrogen (secondary N) is 1. The van der Waals surface area contributed by atoms with Gasteiger partial charge in [0.2, 0.25) is 5.91 Å². The van der Waals surface area contributed by atoms with Crippen LogP contribution in [0.3, 0.4) is 0 Å². The molecule has 0 unspecified atom stereocenters. The third kappa shape index (κ3) is 4.69. The lowest BCUT2D eigenvalue weighted by Crippen LogP contribution is -2.41. The normalized spacial score (nSPS) is 15.8. The standard InChI is InChI=1S/C17H18ClN3O6S2/c1-27-14-10-12(21(23)24)2-3-13(14)19-17(22)11-6-8-20(9-7-11)29(25,26)16-5-4-15(18)28-16/h2-5,10-11H,6-9H2,1H3,(H,19,22). The van der Waals surface area contributed by atoms with E-state index in [0.29, 0.717) is 22.9 Å². The van der Waals surface area contributed by atoms with E-state index >= 15 is 0 Å². The summed E-state index contributed by atoms with van der Waals surface area (Å²) in [5.41, 5.74) is 0.179. The van der Waals surface area contributed by atoms with Crippen molar-refractivity contribution in [1.82, 2.24) is 4.31 Å². The van der Waals surface area contributed by atoms with Crippen LogP contribution in [0.5, 0.6) is 5.75 Å². The van der Waals surface area contributed by atoms with Crippen LogP contribution in [-0.4, -0.2) is 43.8 Å². The number of ether oxygens (including phenoxy) is 1. The Hall–Kier alpha value is -2.21. The van der Waals surface area contributed by atoms with Crippen molar-refractivity contribution in [2.45, 2.75) is 17.1 Å². The number of non-ortho nitro benzene ring substituents is 1. The summed E-state index contributed by atoms with van der Waals surface area (Å²) in [6.45, 7) is 0.431. The molecular formula is C17H18ClN3O6S2. The van der Waals surface area contributed by atoms with Crippen LogP contribution in [0, 0.1) is 16.0 Å². The van der Waals surface area contributed by atoms with Gasteiger partial charge >= 0.3 is 0 Å². The molecule has 1 fully saturated rings. The Kier molecular flexibility index (Phi) is 6.42. The number of thiophene rings is 1. The zero-order chi connectivity index (χ0) is 21.2. The average Bonchev–Trinajstić information content (AvgIpc) is 3.15. The lowest BCUT2D eigenvalue weighted by molar-refractivity contribution is -0.384. The molecule has 0 atom stereocenters. The Balaban J connectivity index is 1.64. The molecule has 12 heteroatoms. The van der Waals surface area contributed by atoms with Crippen molar-refractivity contribution in [1.29, 1.82) is 0 Å². The highest BCUT2D eigenvalue weighted by atomic mass is 35.5. The fourth-order valence-electron chi connectivity index (χ4n) is 3.05. The Labute approximate surface area is 176 Å². The first kappa shape index (κ1) is 21.5. The van der Waals surface area contributed by atoms with Crippen LogP contribution < -0.4 is 10.1 Å². The van der Waals surface area contributed by atoms with Gasteiger partial charge < -0.3 is 10.1 Å². The number of rotatable bonds is 6. The number of amides is 1. The van der Waals surface area contributed by atoms with Crippen molar-refractivity contribution in [3.05, 3.63) is 44.8 Å². The first-order valence-corrected chi connectivity index (χ1v) is 11.2. The number of nitro groups is 1. The zero-order valence-corrected chi connectivity index (χ0v) is 17.7. The van der Waals surface area contributed by atoms with Crippen LogP contribution >= 0.6 is 22.9 Å². The molecule has 1 N–H and O–H groups in total. The number of anilines is 1. The van der Waals surface area contributed by atoms with Crippen molar-refractivity contribution in [3.63, 3.8) is 0 Å². The summed E-state index contributed by atoms with van der Waals surface area (Å²) in [5.74, 6) is -0.483. The molecule has 9 nitrogen and oxygen atoms in total. The van der Waals surface area contributed by atoms with Gasteiger partial charge in [0.25, 0.3) is 15.7 Å². The van der Waals surface area contributed by atoms with Gasteiger partial charge in [0, 0.05) is 25.1 Å². The van der Waals surface area contributed by atoms with Gasteiger partial charge in [-0.2, -0.15) is 4.31 Å². The number of piperidine rings is 1. The molecule has 0 radical (unpaired) electrons. The molecule has 1 aliphatic heterocycles. The summed E-state index contributed by atoms with van der Waals surface area (Å²) in [7, 11) is -2.26. The van der Waals surface area contributed by atoms with Gasteiger partial charge in [0.15, 0.2) is 0 Å². The summed E-state index contributed by atoms with van der Waals surface area (Å²) in [6.07, 6.45) is 0.721. The second kappa shape index (κ2) is 8.66. The molecular weight excluding hydrogens is 442 g/mol. The maximum absolute atomic E-state index is 12.6. The second-order valence-electron chi connectivity index (χ2n) is 6.37. The number of hydrogen-bond donors (Lipinski definition) is 1. The van der Waals surface area contributed by atoms with Crippen LogP contribution in [0.15, 0.2) is 34.5 Å². The molecule has 1 aliphatic rings. The molecule has 29 heavy (non-hydrogen) atoms. The number of benzene rings is 1. The third-order valence-corrected chi connectivity index (χ3v) is 8.22. The SMILES string of the molecule is COc1cc([N+](=O)[O-])ccc1NC(=O)C1CCN(S(=O)(=O)c2ccc(Cl)s2)CC1. The summed E-state index contributed by atoms with van der Waals surface area (Å²) in [6, 6.07) is 6.93. The topological polar surface area (TPSA) is 119 Å². The van der Waals surface area contributed by atoms with E-state index in [2.05, 4.69) is 5.32 Å². The maximum atomic E-state index is 12.6. The van der Waals surface area contributed by atoms with Crippen molar-refractivity contribution >= 4 is 50.2 Å². The summed E-state index contributed by atoms with van der Waals surface area (Å²) < 4.78 is 32.3. The molecule has 0 saturated carbocycles. The highest BCUT2D eigenvalue weighted by molar-refractivity contribution is 7.91. The van der Waals surface area contributed by atoms with Gasteiger partial charge in [-0.15, -0.1) is 11.3 Å². The van der Waals surface area contributed by atoms with E-state index < -0.39 is 14.9 Å². The minimum atomic E-state index is -3.62. The monoisotopic (exact) mass is 459 g/mol. The van der Waals surface area contributed by atoms with Gasteiger partial charge in [-0.05, 0) is 31.0 Å². The van der Waals surface area contributed by atoms with Crippen LogP contribution in [0.2, 0.25) is 4.34 Å². The van der Waals surface area contributed by atoms with E-state index in [-0.39, 0.29) is 40.6 Å². The molecule has 0 aliphatic carbocycles. The van der Waals surface area contributed by atoms with E-state index in [1.807, 2.05) is 0 Å². The Morgan fingerprint density at radius 1 is 1.31 bits per heavy atom. The van der Waals surface area contributed by atoms with E-state index in [4.69, 9.17) is 16.3 Å². The molecule has 1 amide bonds. The minimum absolute atomic E-state index is 0.146. The Morgan fingerprint density at radius 3 is 2.55 bits per heavy atom. The smallest absolute Gasteiger partial charge is 0.273 e. The quantitative estimate of drug-likeness (QED) is 0.522. The van der Waals surface area contributed by atoms with Crippen LogP contribution in [-0.2, 0) is 14.8 Å². The third-order valence-electron chi connectivity index (χ3n) is 4.62. The maximum Gasteiger partial charge on any atom is 0.273 e. The van der Waals surface area contributed by atoms with Crippen LogP contribution in [0.25, 0.3) is 0 Å². The van der Waals surface area contributed by atoms with Gasteiger partial charge in [0.05, 0.1) is 28.1 Å². The molecule has 3 rings (SSSR count). The van der Waals surface area contributed by atoms with Gasteiger partial charge in [-0.3, -0.25) is 14.9 Å². The zero-order valence-electron chi connectivity index (χ0n) is 15.3. The van der Waals surface area contributed by atoms with E-state index in [1.54, 1.807) is 0 Å². The molecule has 2 heterocycles. The molecule has 2 aromatic rings. The summed E-state index contributed by atoms with van der Waals surface area (Å²) >= 11 is 6.83. The van der Waals surface area contributed by atoms with E-state index in [9.17, 15) is 23.3 Å². The Bertz CT molecular complexity index is 1030. The molecule has 1 aromatic carbocycles. The van der Waals surface area contributed by atoms with Crippen molar-refractivity contribution < 1.29 is 22.9 Å². The average molecular weight is 460 g/mol. The van der Waals surface area contributed by atoms with Crippen molar-refractivity contribution in [2.24, 2.45) is 5.92 Å². The highest BCUT2D eigenvalue weighted by Crippen LogP contribution is 2.32. The first-order valence-electron chi connectivity index (χ1n) is 8.61. The minimum Gasteiger partial charge on any atom is -0.494 e. The molecule has 0 bridgehead atoms. The van der Waals surface area contributed by atoms with Gasteiger partial charge in [-0.25, -0.2) is 8.42 Å². The highest BCUT2D eigenvalue weighted by Gasteiger charge is 2.33. The number of carbonyl (C=O) groups is 1. The Morgan fingerprint density at radius 2 is 2.00 bits per heavy atom. The first-order chi connectivity index (χ1) is 13.7. The molecule has 1 aromatic heterocycles. The van der Waals surface area contributed by atoms with Crippen molar-refractivity contribution in [3.8, 4) is 5.75 Å². The summed E-state index contributed by atoms with van der Waals surface area (Å²) in [4.78, 5) is 22.9. The number of carbonyl (C=O) groups excluding carboxylic acids is 1. The predicted octanol–water partition coefficient (Wildman–Crippen LogP) is 3.36. The fourth-order valence-corrected chi connectivity index (χ4v) is 6.16. The van der Waals surface area contributed by atoms with Gasteiger partial charge in [0.1, 0.15) is 9.96 Å². The molecule has 156 valence electrons. The number of methoxy groups -OCH3 is 1. The number of halogens is 1. The predicted molar refractivity (Wildman–Crippen MR) is 109 cm³/mol. The van der Waals surface area contributed by atoms with Crippen molar-refractivity contribution in [2.75, 3.05) is 25.5 Å². The van der Waals surface area contributed by atoms with Gasteiger partial charge in [-0.1, -0.05) is 11.6 Å². The fraction of sp³-hybridized carbons (Fsp3) is 0.353. The van der Waals surface area contributed by atoms with Crippen LogP contribution in [0.1, 0.15) is 12.8 Å². The molecule has 0 spiro atoms. The lowest BCUT2D eigenvalue weighted by Gasteiger charge is -2.30. The van der Waals surface area contributed by atoms with Crippen LogP contribution in [0.4, 0.5) is 11.4 Å².